The molecule has 0 aliphatic rings. The summed E-state index contributed by atoms with van der Waals surface area (Å²) in [7, 11) is 0. The lowest BCUT2D eigenvalue weighted by molar-refractivity contribution is -0.385. The molecule has 0 saturated heterocycles. The quantitative estimate of drug-likeness (QED) is 0.662. The number of aromatic carboxylic acids is 1. The number of aryl methyl sites for hydroxylation is 1. The van der Waals surface area contributed by atoms with Crippen LogP contribution in [0.4, 0.5) is 21.6 Å². The minimum atomic E-state index is -1.44. The van der Waals surface area contributed by atoms with Crippen molar-refractivity contribution >= 4 is 23.2 Å². The zero-order valence-electron chi connectivity index (χ0n) is 10.8. The Hall–Kier alpha value is -3.03. The molecule has 1 heterocycles. The average Bonchev–Trinajstić information content (AvgIpc) is 2.42. The van der Waals surface area contributed by atoms with E-state index in [-0.39, 0.29) is 5.82 Å². The first-order chi connectivity index (χ1) is 9.88. The van der Waals surface area contributed by atoms with E-state index in [0.29, 0.717) is 11.3 Å². The molecule has 108 valence electrons. The Bertz CT molecular complexity index is 733. The fourth-order valence-corrected chi connectivity index (χ4v) is 1.70. The summed E-state index contributed by atoms with van der Waals surface area (Å²) < 4.78 is 13.2. The van der Waals surface area contributed by atoms with Crippen LogP contribution in [0.25, 0.3) is 0 Å². The van der Waals surface area contributed by atoms with Crippen molar-refractivity contribution in [3.63, 3.8) is 0 Å². The summed E-state index contributed by atoms with van der Waals surface area (Å²) >= 11 is 0. The predicted molar refractivity (Wildman–Crippen MR) is 72.3 cm³/mol. The maximum Gasteiger partial charge on any atom is 0.342 e. The van der Waals surface area contributed by atoms with Crippen molar-refractivity contribution in [1.29, 1.82) is 0 Å². The molecule has 0 fully saturated rings. The van der Waals surface area contributed by atoms with Crippen molar-refractivity contribution in [2.75, 3.05) is 5.32 Å². The van der Waals surface area contributed by atoms with E-state index in [1.165, 1.54) is 12.1 Å². The van der Waals surface area contributed by atoms with Crippen LogP contribution in [-0.4, -0.2) is 21.0 Å². The molecule has 0 spiro atoms. The van der Waals surface area contributed by atoms with Gasteiger partial charge in [-0.25, -0.2) is 14.2 Å². The second-order valence-corrected chi connectivity index (χ2v) is 4.23. The van der Waals surface area contributed by atoms with E-state index >= 15 is 0 Å². The third-order valence-corrected chi connectivity index (χ3v) is 2.77. The lowest BCUT2D eigenvalue weighted by Crippen LogP contribution is -2.05. The van der Waals surface area contributed by atoms with Gasteiger partial charge in [-0.15, -0.1) is 0 Å². The molecule has 1 aromatic heterocycles. The number of halogens is 1. The molecule has 0 aliphatic carbocycles. The predicted octanol–water partition coefficient (Wildman–Crippen LogP) is 2.88. The number of hydrogen-bond donors (Lipinski definition) is 2. The molecule has 0 aliphatic heterocycles. The molecule has 0 saturated carbocycles. The second kappa shape index (κ2) is 5.53. The summed E-state index contributed by atoms with van der Waals surface area (Å²) in [4.78, 5) is 24.7. The van der Waals surface area contributed by atoms with E-state index in [4.69, 9.17) is 5.11 Å². The van der Waals surface area contributed by atoms with Crippen molar-refractivity contribution in [1.82, 2.24) is 4.98 Å². The zero-order valence-corrected chi connectivity index (χ0v) is 10.8. The van der Waals surface area contributed by atoms with Gasteiger partial charge in [0.1, 0.15) is 23.4 Å². The maximum atomic E-state index is 13.2. The van der Waals surface area contributed by atoms with Gasteiger partial charge in [0.25, 0.3) is 0 Å². The Morgan fingerprint density at radius 1 is 1.43 bits per heavy atom. The van der Waals surface area contributed by atoms with E-state index in [9.17, 15) is 19.3 Å². The van der Waals surface area contributed by atoms with Crippen LogP contribution >= 0.6 is 0 Å². The molecular weight excluding hydrogens is 281 g/mol. The molecule has 1 aromatic carbocycles. The normalized spacial score (nSPS) is 10.2. The van der Waals surface area contributed by atoms with Gasteiger partial charge in [0.05, 0.1) is 4.92 Å². The second-order valence-electron chi connectivity index (χ2n) is 4.23. The Balaban J connectivity index is 2.41. The molecular formula is C13H10FN3O4. The standard InChI is InChI=1S/C13H10FN3O4/c1-7-2-3-8(14)4-10(7)16-12-5-9(13(18)19)11(6-15-12)17(20)21/h2-6H,1H3,(H,15,16)(H,18,19). The number of hydrogen-bond acceptors (Lipinski definition) is 5. The van der Waals surface area contributed by atoms with E-state index in [1.807, 2.05) is 0 Å². The molecule has 0 unspecified atom stereocenters. The largest absolute Gasteiger partial charge is 0.477 e. The van der Waals surface area contributed by atoms with Crippen LogP contribution in [-0.2, 0) is 0 Å². The summed E-state index contributed by atoms with van der Waals surface area (Å²) in [6, 6.07) is 5.08. The lowest BCUT2D eigenvalue weighted by Gasteiger charge is -2.09. The number of nitro groups is 1. The highest BCUT2D eigenvalue weighted by Gasteiger charge is 2.21. The van der Waals surface area contributed by atoms with Crippen molar-refractivity contribution in [2.24, 2.45) is 0 Å². The topological polar surface area (TPSA) is 105 Å². The van der Waals surface area contributed by atoms with Gasteiger partial charge in [-0.3, -0.25) is 10.1 Å². The molecule has 2 rings (SSSR count). The number of carboxylic acid groups (broad SMARTS) is 1. The fourth-order valence-electron chi connectivity index (χ4n) is 1.70. The lowest BCUT2D eigenvalue weighted by atomic mass is 10.2. The molecule has 0 radical (unpaired) electrons. The first-order valence-corrected chi connectivity index (χ1v) is 5.79. The number of pyridine rings is 1. The van der Waals surface area contributed by atoms with Crippen LogP contribution in [0.1, 0.15) is 15.9 Å². The van der Waals surface area contributed by atoms with E-state index < -0.39 is 28.0 Å². The van der Waals surface area contributed by atoms with E-state index in [0.717, 1.165) is 12.3 Å². The zero-order chi connectivity index (χ0) is 15.6. The first kappa shape index (κ1) is 14.4. The Kier molecular flexibility index (Phi) is 3.79. The van der Waals surface area contributed by atoms with Crippen LogP contribution in [0.5, 0.6) is 0 Å². The third kappa shape index (κ3) is 3.11. The van der Waals surface area contributed by atoms with Crippen molar-refractivity contribution in [3.8, 4) is 0 Å². The number of carbonyl (C=O) groups is 1. The SMILES string of the molecule is Cc1ccc(F)cc1Nc1cc(C(=O)O)c([N+](=O)[O-])cn1. The Labute approximate surface area is 118 Å². The van der Waals surface area contributed by atoms with Crippen LogP contribution in [0.2, 0.25) is 0 Å². The number of anilines is 2. The Morgan fingerprint density at radius 3 is 2.76 bits per heavy atom. The van der Waals surface area contributed by atoms with E-state index in [2.05, 4.69) is 10.3 Å². The number of rotatable bonds is 4. The maximum absolute atomic E-state index is 13.2. The fraction of sp³-hybridized carbons (Fsp3) is 0.0769. The van der Waals surface area contributed by atoms with Crippen molar-refractivity contribution in [3.05, 3.63) is 57.5 Å². The monoisotopic (exact) mass is 291 g/mol. The summed E-state index contributed by atoms with van der Waals surface area (Å²) in [6.07, 6.45) is 0.848. The number of aromatic nitrogens is 1. The summed E-state index contributed by atoms with van der Waals surface area (Å²) in [5.41, 5.74) is 0.0108. The van der Waals surface area contributed by atoms with Gasteiger partial charge in [-0.2, -0.15) is 0 Å². The highest BCUT2D eigenvalue weighted by atomic mass is 19.1. The van der Waals surface area contributed by atoms with Gasteiger partial charge in [0, 0.05) is 11.8 Å². The number of nitrogens with zero attached hydrogens (tertiary/aromatic N) is 2. The van der Waals surface area contributed by atoms with Crippen molar-refractivity contribution < 1.29 is 19.2 Å². The number of benzene rings is 1. The summed E-state index contributed by atoms with van der Waals surface area (Å²) in [5.74, 6) is -1.83. The molecule has 2 N–H and O–H groups in total. The molecule has 0 amide bonds. The van der Waals surface area contributed by atoms with Gasteiger partial charge in [0.2, 0.25) is 0 Å². The van der Waals surface area contributed by atoms with Crippen molar-refractivity contribution in [2.45, 2.75) is 6.92 Å². The summed E-state index contributed by atoms with van der Waals surface area (Å²) in [5, 5.41) is 22.4. The average molecular weight is 291 g/mol. The van der Waals surface area contributed by atoms with Crippen LogP contribution < -0.4 is 5.32 Å². The number of nitrogens with one attached hydrogen (secondary N) is 1. The van der Waals surface area contributed by atoms with Gasteiger partial charge >= 0.3 is 11.7 Å². The van der Waals surface area contributed by atoms with Crippen LogP contribution in [0.15, 0.2) is 30.5 Å². The molecule has 0 atom stereocenters. The minimum absolute atomic E-state index is 0.0756. The van der Waals surface area contributed by atoms with Gasteiger partial charge in [-0.05, 0) is 24.6 Å². The third-order valence-electron chi connectivity index (χ3n) is 2.77. The van der Waals surface area contributed by atoms with Gasteiger partial charge in [0.15, 0.2) is 0 Å². The minimum Gasteiger partial charge on any atom is -0.477 e. The van der Waals surface area contributed by atoms with Crippen LogP contribution in [0.3, 0.4) is 0 Å². The van der Waals surface area contributed by atoms with Crippen LogP contribution in [0, 0.1) is 22.9 Å². The molecule has 21 heavy (non-hydrogen) atoms. The number of carboxylic acids is 1. The molecule has 8 heteroatoms. The Morgan fingerprint density at radius 2 is 2.14 bits per heavy atom. The van der Waals surface area contributed by atoms with E-state index in [1.54, 1.807) is 13.0 Å². The molecule has 7 nitrogen and oxygen atoms in total. The highest BCUT2D eigenvalue weighted by molar-refractivity contribution is 5.93. The van der Waals surface area contributed by atoms with Gasteiger partial charge in [-0.1, -0.05) is 6.07 Å². The highest BCUT2D eigenvalue weighted by Crippen LogP contribution is 2.24. The first-order valence-electron chi connectivity index (χ1n) is 5.79. The smallest absolute Gasteiger partial charge is 0.342 e. The van der Waals surface area contributed by atoms with Gasteiger partial charge < -0.3 is 10.4 Å². The molecule has 0 bridgehead atoms. The summed E-state index contributed by atoms with van der Waals surface area (Å²) in [6.45, 7) is 1.73. The molecule has 2 aromatic rings.